The number of hydrogen-bond donors (Lipinski definition) is 1. The first-order valence-corrected chi connectivity index (χ1v) is 3.84. The molecule has 0 bridgehead atoms. The Balaban J connectivity index is 2.17. The third kappa shape index (κ3) is 2.28. The smallest absolute Gasteiger partial charge is 0.0619 e. The fourth-order valence-corrected chi connectivity index (χ4v) is 1.27. The summed E-state index contributed by atoms with van der Waals surface area (Å²) < 4.78 is 0. The maximum atomic E-state index is 5.06. The lowest BCUT2D eigenvalue weighted by Crippen LogP contribution is -2.29. The number of nitrogens with two attached hydrogens (primary N) is 1. The Morgan fingerprint density at radius 3 is 2.50 bits per heavy atom. The van der Waals surface area contributed by atoms with E-state index >= 15 is 0 Å². The van der Waals surface area contributed by atoms with Gasteiger partial charge in [0.2, 0.25) is 0 Å². The number of piperidine rings is 1. The van der Waals surface area contributed by atoms with Crippen molar-refractivity contribution in [1.29, 1.82) is 0 Å². The Morgan fingerprint density at radius 1 is 1.20 bits per heavy atom. The van der Waals surface area contributed by atoms with Crippen molar-refractivity contribution in [3.63, 3.8) is 0 Å². The molecule has 0 aromatic carbocycles. The van der Waals surface area contributed by atoms with Crippen LogP contribution in [0.4, 0.5) is 0 Å². The van der Waals surface area contributed by atoms with Gasteiger partial charge in [0.15, 0.2) is 0 Å². The van der Waals surface area contributed by atoms with Crippen LogP contribution < -0.4 is 5.73 Å². The first-order chi connectivity index (χ1) is 4.93. The summed E-state index contributed by atoms with van der Waals surface area (Å²) in [4.78, 5) is 2.35. The van der Waals surface area contributed by atoms with Gasteiger partial charge in [-0.2, -0.15) is 0 Å². The number of hydrogen-bond acceptors (Lipinski definition) is 2. The zero-order valence-electron chi connectivity index (χ0n) is 6.27. The van der Waals surface area contributed by atoms with E-state index in [-0.39, 0.29) is 0 Å². The molecule has 0 aromatic heterocycles. The normalized spacial score (nSPS) is 19.6. The average molecular weight is 138 g/mol. The summed E-state index contributed by atoms with van der Waals surface area (Å²) in [5.74, 6) is 2.87. The topological polar surface area (TPSA) is 29.3 Å². The Bertz CT molecular complexity index is 137. The molecular formula is C8H14N2. The zero-order valence-corrected chi connectivity index (χ0v) is 6.27. The lowest BCUT2D eigenvalue weighted by molar-refractivity contribution is 0.255. The number of likely N-dealkylation sites (tertiary alicyclic amines) is 1. The van der Waals surface area contributed by atoms with Crippen LogP contribution in [-0.4, -0.2) is 24.5 Å². The highest BCUT2D eigenvalue weighted by atomic mass is 15.1. The summed E-state index contributed by atoms with van der Waals surface area (Å²) in [6, 6.07) is 2.42. The van der Waals surface area contributed by atoms with E-state index in [2.05, 4.69) is 16.9 Å². The Morgan fingerprint density at radius 2 is 1.90 bits per heavy atom. The molecule has 0 aliphatic carbocycles. The van der Waals surface area contributed by atoms with Gasteiger partial charge < -0.3 is 5.73 Å². The van der Waals surface area contributed by atoms with Gasteiger partial charge in [0.1, 0.15) is 0 Å². The van der Waals surface area contributed by atoms with Gasteiger partial charge in [0.05, 0.1) is 6.54 Å². The summed E-state index contributed by atoms with van der Waals surface area (Å²) in [6.45, 7) is 3.26. The van der Waals surface area contributed by atoms with Crippen molar-refractivity contribution in [2.45, 2.75) is 19.3 Å². The van der Waals surface area contributed by atoms with E-state index in [0.29, 0.717) is 0 Å². The van der Waals surface area contributed by atoms with Crippen molar-refractivity contribution < 1.29 is 0 Å². The van der Waals surface area contributed by atoms with E-state index in [0.717, 1.165) is 6.54 Å². The fourth-order valence-electron chi connectivity index (χ4n) is 1.27. The van der Waals surface area contributed by atoms with Crippen LogP contribution in [0, 0.1) is 12.0 Å². The predicted molar refractivity (Wildman–Crippen MR) is 42.3 cm³/mol. The van der Waals surface area contributed by atoms with Crippen LogP contribution in [0.5, 0.6) is 0 Å². The van der Waals surface area contributed by atoms with Gasteiger partial charge in [-0.25, -0.2) is 0 Å². The summed E-state index contributed by atoms with van der Waals surface area (Å²) in [7, 11) is 0. The number of nitrogens with zero attached hydrogens (tertiary/aromatic N) is 1. The third-order valence-electron chi connectivity index (χ3n) is 1.85. The molecule has 2 N–H and O–H groups in total. The fraction of sp³-hybridized carbons (Fsp3) is 0.750. The summed E-state index contributed by atoms with van der Waals surface area (Å²) >= 11 is 0. The average Bonchev–Trinajstić information content (AvgIpc) is 2.03. The lowest BCUT2D eigenvalue weighted by Gasteiger charge is -2.23. The van der Waals surface area contributed by atoms with Crippen molar-refractivity contribution in [2.75, 3.05) is 19.6 Å². The third-order valence-corrected chi connectivity index (χ3v) is 1.85. The van der Waals surface area contributed by atoms with Crippen LogP contribution >= 0.6 is 0 Å². The molecule has 0 amide bonds. The van der Waals surface area contributed by atoms with Crippen molar-refractivity contribution >= 4 is 0 Å². The largest absolute Gasteiger partial charge is 0.359 e. The lowest BCUT2D eigenvalue weighted by atomic mass is 10.1. The molecule has 56 valence electrons. The van der Waals surface area contributed by atoms with E-state index in [1.807, 2.05) is 0 Å². The van der Waals surface area contributed by atoms with Gasteiger partial charge in [0, 0.05) is 6.04 Å². The van der Waals surface area contributed by atoms with Crippen LogP contribution in [0.15, 0.2) is 0 Å². The van der Waals surface area contributed by atoms with Gasteiger partial charge >= 0.3 is 0 Å². The highest BCUT2D eigenvalue weighted by Gasteiger charge is 2.06. The molecule has 1 fully saturated rings. The summed E-state index contributed by atoms with van der Waals surface area (Å²) in [6.07, 6.45) is 4.03. The molecule has 0 unspecified atom stereocenters. The maximum absolute atomic E-state index is 5.06. The molecule has 1 aliphatic rings. The highest BCUT2D eigenvalue weighted by Crippen LogP contribution is 2.06. The van der Waals surface area contributed by atoms with E-state index in [1.54, 1.807) is 0 Å². The standard InChI is InChI=1S/C8H14N2/c9-5-4-8-10-6-2-1-3-7-10/h1-3,6-9H2. The van der Waals surface area contributed by atoms with Gasteiger partial charge in [-0.05, 0) is 25.9 Å². The molecule has 2 heteroatoms. The Hall–Kier alpha value is -0.680. The molecule has 1 rings (SSSR count). The molecular weight excluding hydrogens is 124 g/mol. The van der Waals surface area contributed by atoms with E-state index in [1.165, 1.54) is 32.4 Å². The van der Waals surface area contributed by atoms with E-state index < -0.39 is 0 Å². The minimum atomic E-state index is 0.858. The van der Waals surface area contributed by atoms with Crippen LogP contribution in [0.1, 0.15) is 19.3 Å². The molecule has 1 heterocycles. The molecule has 0 atom stereocenters. The van der Waals surface area contributed by atoms with Gasteiger partial charge in [0.25, 0.3) is 0 Å². The molecule has 2 nitrogen and oxygen atoms in total. The van der Waals surface area contributed by atoms with Gasteiger partial charge in [-0.15, -0.1) is 0 Å². The molecule has 0 aromatic rings. The van der Waals surface area contributed by atoms with Crippen molar-refractivity contribution in [3.05, 3.63) is 0 Å². The molecule has 10 heavy (non-hydrogen) atoms. The predicted octanol–water partition coefficient (Wildman–Crippen LogP) is 0.392. The minimum Gasteiger partial charge on any atom is -0.359 e. The molecule has 0 spiro atoms. The van der Waals surface area contributed by atoms with Crippen molar-refractivity contribution in [1.82, 2.24) is 4.90 Å². The summed E-state index contributed by atoms with van der Waals surface area (Å²) in [5, 5.41) is 0. The second kappa shape index (κ2) is 4.19. The molecule has 0 radical (unpaired) electrons. The van der Waals surface area contributed by atoms with Crippen LogP contribution in [-0.2, 0) is 0 Å². The van der Waals surface area contributed by atoms with Gasteiger partial charge in [-0.1, -0.05) is 12.3 Å². The SMILES string of the molecule is NC#CCN1CCCCC1. The maximum Gasteiger partial charge on any atom is 0.0619 e. The van der Waals surface area contributed by atoms with E-state index in [9.17, 15) is 0 Å². The van der Waals surface area contributed by atoms with E-state index in [4.69, 9.17) is 5.73 Å². The zero-order chi connectivity index (χ0) is 7.23. The molecule has 0 saturated carbocycles. The van der Waals surface area contributed by atoms with Crippen LogP contribution in [0.25, 0.3) is 0 Å². The van der Waals surface area contributed by atoms with Crippen molar-refractivity contribution in [3.8, 4) is 12.0 Å². The second-order valence-corrected chi connectivity index (χ2v) is 2.66. The van der Waals surface area contributed by atoms with Crippen molar-refractivity contribution in [2.24, 2.45) is 5.73 Å². The second-order valence-electron chi connectivity index (χ2n) is 2.66. The Kier molecular flexibility index (Phi) is 3.11. The van der Waals surface area contributed by atoms with Crippen LogP contribution in [0.2, 0.25) is 0 Å². The van der Waals surface area contributed by atoms with Crippen LogP contribution in [0.3, 0.4) is 0 Å². The first-order valence-electron chi connectivity index (χ1n) is 3.84. The quantitative estimate of drug-likeness (QED) is 0.419. The monoisotopic (exact) mass is 138 g/mol. The molecule has 1 saturated heterocycles. The highest BCUT2D eigenvalue weighted by molar-refractivity contribution is 4.96. The Labute approximate surface area is 62.4 Å². The minimum absolute atomic E-state index is 0.858. The van der Waals surface area contributed by atoms with Gasteiger partial charge in [-0.3, -0.25) is 4.90 Å². The number of rotatable bonds is 1. The molecule has 1 aliphatic heterocycles. The first kappa shape index (κ1) is 7.43. The summed E-state index contributed by atoms with van der Waals surface area (Å²) in [5.41, 5.74) is 5.06.